The third-order valence-electron chi connectivity index (χ3n) is 2.48. The van der Waals surface area contributed by atoms with Crippen molar-refractivity contribution in [2.24, 2.45) is 11.8 Å². The lowest BCUT2D eigenvalue weighted by molar-refractivity contribution is 0.357. The van der Waals surface area contributed by atoms with Crippen molar-refractivity contribution in [2.75, 3.05) is 0 Å². The third kappa shape index (κ3) is 1.73. The van der Waals surface area contributed by atoms with Crippen LogP contribution in [0.4, 0.5) is 0 Å². The molecule has 56 valence electrons. The van der Waals surface area contributed by atoms with Gasteiger partial charge < -0.3 is 0 Å². The minimum atomic E-state index is 0.788. The highest BCUT2D eigenvalue weighted by Gasteiger charge is 2.15. The summed E-state index contributed by atoms with van der Waals surface area (Å²) in [5.41, 5.74) is 0. The molecule has 0 saturated heterocycles. The first-order valence-corrected chi connectivity index (χ1v) is 4.12. The molecule has 0 bridgehead atoms. The molecule has 0 spiro atoms. The van der Waals surface area contributed by atoms with E-state index >= 15 is 0 Å². The lowest BCUT2D eigenvalue weighted by Gasteiger charge is -2.23. The molecule has 1 rings (SSSR count). The Morgan fingerprint density at radius 1 is 0.800 bits per heavy atom. The highest BCUT2D eigenvalue weighted by atomic mass is 14.2. The Kier molecular flexibility index (Phi) is 2.73. The van der Waals surface area contributed by atoms with Crippen molar-refractivity contribution in [3.05, 3.63) is 25.3 Å². The van der Waals surface area contributed by atoms with Gasteiger partial charge in [0.2, 0.25) is 0 Å². The van der Waals surface area contributed by atoms with Gasteiger partial charge in [-0.3, -0.25) is 0 Å². The van der Waals surface area contributed by atoms with Crippen molar-refractivity contribution in [3.8, 4) is 0 Å². The van der Waals surface area contributed by atoms with E-state index in [0.29, 0.717) is 0 Å². The molecule has 0 aromatic rings. The summed E-state index contributed by atoms with van der Waals surface area (Å²) in [5.74, 6) is 1.58. The first-order valence-electron chi connectivity index (χ1n) is 4.12. The molecule has 1 aliphatic rings. The van der Waals surface area contributed by atoms with Gasteiger partial charge in [-0.1, -0.05) is 12.2 Å². The molecular weight excluding hydrogens is 120 g/mol. The summed E-state index contributed by atoms with van der Waals surface area (Å²) in [5, 5.41) is 0. The van der Waals surface area contributed by atoms with Gasteiger partial charge in [-0.05, 0) is 37.5 Å². The minimum Gasteiger partial charge on any atom is -0.103 e. The Bertz CT molecular complexity index is 100. The predicted octanol–water partition coefficient (Wildman–Crippen LogP) is 3.16. The molecular formula is C10H16. The van der Waals surface area contributed by atoms with E-state index in [1.54, 1.807) is 0 Å². The van der Waals surface area contributed by atoms with Crippen LogP contribution in [-0.4, -0.2) is 0 Å². The van der Waals surface area contributed by atoms with Crippen molar-refractivity contribution in [3.63, 3.8) is 0 Å². The maximum Gasteiger partial charge on any atom is -0.0236 e. The SMILES string of the molecule is C=CC1CCC(C=C)CC1. The maximum absolute atomic E-state index is 3.81. The normalized spacial score (nSPS) is 33.2. The van der Waals surface area contributed by atoms with E-state index in [9.17, 15) is 0 Å². The molecule has 0 N–H and O–H groups in total. The van der Waals surface area contributed by atoms with Gasteiger partial charge in [0, 0.05) is 0 Å². The van der Waals surface area contributed by atoms with Gasteiger partial charge in [-0.2, -0.15) is 0 Å². The van der Waals surface area contributed by atoms with Crippen molar-refractivity contribution in [1.29, 1.82) is 0 Å². The quantitative estimate of drug-likeness (QED) is 0.511. The molecule has 0 amide bonds. The molecule has 0 atom stereocenters. The molecule has 0 heteroatoms. The Balaban J connectivity index is 2.30. The molecule has 0 aromatic carbocycles. The van der Waals surface area contributed by atoms with E-state index in [4.69, 9.17) is 0 Å². The fourth-order valence-corrected chi connectivity index (χ4v) is 1.62. The third-order valence-corrected chi connectivity index (χ3v) is 2.48. The average molecular weight is 136 g/mol. The van der Waals surface area contributed by atoms with Crippen molar-refractivity contribution < 1.29 is 0 Å². The van der Waals surface area contributed by atoms with E-state index < -0.39 is 0 Å². The van der Waals surface area contributed by atoms with Crippen LogP contribution in [0.2, 0.25) is 0 Å². The lowest BCUT2D eigenvalue weighted by Crippen LogP contribution is -2.10. The topological polar surface area (TPSA) is 0 Å². The van der Waals surface area contributed by atoms with Crippen molar-refractivity contribution in [1.82, 2.24) is 0 Å². The van der Waals surface area contributed by atoms with Gasteiger partial charge in [0.15, 0.2) is 0 Å². The van der Waals surface area contributed by atoms with E-state index in [1.165, 1.54) is 25.7 Å². The van der Waals surface area contributed by atoms with Gasteiger partial charge in [-0.15, -0.1) is 13.2 Å². The zero-order valence-corrected chi connectivity index (χ0v) is 6.55. The van der Waals surface area contributed by atoms with Crippen LogP contribution in [-0.2, 0) is 0 Å². The second-order valence-electron chi connectivity index (χ2n) is 3.15. The first kappa shape index (κ1) is 7.59. The van der Waals surface area contributed by atoms with Gasteiger partial charge in [-0.25, -0.2) is 0 Å². The van der Waals surface area contributed by atoms with Crippen LogP contribution < -0.4 is 0 Å². The zero-order valence-electron chi connectivity index (χ0n) is 6.55. The zero-order chi connectivity index (χ0) is 7.40. The molecule has 1 aliphatic carbocycles. The van der Waals surface area contributed by atoms with Crippen LogP contribution in [0.3, 0.4) is 0 Å². The van der Waals surface area contributed by atoms with Crippen LogP contribution >= 0.6 is 0 Å². The van der Waals surface area contributed by atoms with Crippen LogP contribution in [0.25, 0.3) is 0 Å². The van der Waals surface area contributed by atoms with E-state index in [0.717, 1.165) is 11.8 Å². The molecule has 0 aliphatic heterocycles. The second kappa shape index (κ2) is 3.60. The molecule has 10 heavy (non-hydrogen) atoms. The van der Waals surface area contributed by atoms with Crippen LogP contribution in [0.5, 0.6) is 0 Å². The molecule has 1 fully saturated rings. The summed E-state index contributed by atoms with van der Waals surface area (Å²) in [6.07, 6.45) is 9.47. The summed E-state index contributed by atoms with van der Waals surface area (Å²) < 4.78 is 0. The number of rotatable bonds is 2. The smallest absolute Gasteiger partial charge is 0.0236 e. The van der Waals surface area contributed by atoms with Gasteiger partial charge in [0.05, 0.1) is 0 Å². The largest absolute Gasteiger partial charge is 0.103 e. The summed E-state index contributed by atoms with van der Waals surface area (Å²) in [7, 11) is 0. The van der Waals surface area contributed by atoms with Gasteiger partial charge >= 0.3 is 0 Å². The molecule has 0 nitrogen and oxygen atoms in total. The Labute approximate surface area is 63.6 Å². The lowest BCUT2D eigenvalue weighted by atomic mass is 9.82. The highest BCUT2D eigenvalue weighted by Crippen LogP contribution is 2.29. The molecule has 0 unspecified atom stereocenters. The number of hydrogen-bond donors (Lipinski definition) is 0. The van der Waals surface area contributed by atoms with E-state index in [2.05, 4.69) is 25.3 Å². The molecule has 0 heterocycles. The molecule has 0 radical (unpaired) electrons. The first-order chi connectivity index (χ1) is 4.86. The summed E-state index contributed by atoms with van der Waals surface area (Å²) in [6.45, 7) is 7.62. The van der Waals surface area contributed by atoms with Crippen LogP contribution in [0.1, 0.15) is 25.7 Å². The van der Waals surface area contributed by atoms with E-state index in [-0.39, 0.29) is 0 Å². The van der Waals surface area contributed by atoms with Gasteiger partial charge in [0.1, 0.15) is 0 Å². The standard InChI is InChI=1S/C10H16/c1-3-9-5-7-10(4-2)8-6-9/h3-4,9-10H,1-2,5-8H2. The molecule has 0 aromatic heterocycles. The monoisotopic (exact) mass is 136 g/mol. The predicted molar refractivity (Wildman–Crippen MR) is 45.8 cm³/mol. The summed E-state index contributed by atoms with van der Waals surface area (Å²) in [4.78, 5) is 0. The fraction of sp³-hybridized carbons (Fsp3) is 0.600. The maximum atomic E-state index is 3.81. The average Bonchev–Trinajstić information content (AvgIpc) is 2.05. The Morgan fingerprint density at radius 3 is 1.30 bits per heavy atom. The Hall–Kier alpha value is -0.520. The summed E-state index contributed by atoms with van der Waals surface area (Å²) >= 11 is 0. The van der Waals surface area contributed by atoms with Gasteiger partial charge in [0.25, 0.3) is 0 Å². The second-order valence-corrected chi connectivity index (χ2v) is 3.15. The van der Waals surface area contributed by atoms with Crippen molar-refractivity contribution in [2.45, 2.75) is 25.7 Å². The minimum absolute atomic E-state index is 0.788. The van der Waals surface area contributed by atoms with Crippen molar-refractivity contribution >= 4 is 0 Å². The molecule has 1 saturated carbocycles. The fourth-order valence-electron chi connectivity index (χ4n) is 1.62. The van der Waals surface area contributed by atoms with E-state index in [1.807, 2.05) is 0 Å². The number of hydrogen-bond acceptors (Lipinski definition) is 0. The summed E-state index contributed by atoms with van der Waals surface area (Å²) in [6, 6.07) is 0. The number of allylic oxidation sites excluding steroid dienone is 2. The van der Waals surface area contributed by atoms with Crippen LogP contribution in [0, 0.1) is 11.8 Å². The van der Waals surface area contributed by atoms with Crippen LogP contribution in [0.15, 0.2) is 25.3 Å². The Morgan fingerprint density at radius 2 is 1.10 bits per heavy atom. The highest BCUT2D eigenvalue weighted by molar-refractivity contribution is 4.89.